The fourth-order valence-electron chi connectivity index (χ4n) is 2.09. The standard InChI is InChI=1S/C18H22FNO/c1-4-20-12-15-11-16(19)7-10-18(15)21-17-8-5-14(6-9-17)13(2)3/h5-11,13,20H,4,12H2,1-3H3. The van der Waals surface area contributed by atoms with Gasteiger partial charge in [0.1, 0.15) is 17.3 Å². The summed E-state index contributed by atoms with van der Waals surface area (Å²) < 4.78 is 19.3. The van der Waals surface area contributed by atoms with Gasteiger partial charge in [-0.25, -0.2) is 4.39 Å². The van der Waals surface area contributed by atoms with Crippen LogP contribution >= 0.6 is 0 Å². The average Bonchev–Trinajstić information content (AvgIpc) is 2.48. The van der Waals surface area contributed by atoms with E-state index >= 15 is 0 Å². The van der Waals surface area contributed by atoms with E-state index in [-0.39, 0.29) is 5.82 Å². The van der Waals surface area contributed by atoms with Crippen LogP contribution in [-0.4, -0.2) is 6.54 Å². The van der Waals surface area contributed by atoms with Gasteiger partial charge < -0.3 is 10.1 Å². The van der Waals surface area contributed by atoms with Crippen LogP contribution < -0.4 is 10.1 Å². The normalized spacial score (nSPS) is 10.9. The minimum absolute atomic E-state index is 0.245. The van der Waals surface area contributed by atoms with Gasteiger partial charge in [-0.05, 0) is 48.4 Å². The largest absolute Gasteiger partial charge is 0.457 e. The smallest absolute Gasteiger partial charge is 0.132 e. The molecule has 0 aliphatic carbocycles. The van der Waals surface area contributed by atoms with Crippen molar-refractivity contribution in [1.29, 1.82) is 0 Å². The van der Waals surface area contributed by atoms with Crippen LogP contribution in [0.2, 0.25) is 0 Å². The lowest BCUT2D eigenvalue weighted by atomic mass is 10.0. The monoisotopic (exact) mass is 287 g/mol. The first-order valence-electron chi connectivity index (χ1n) is 7.37. The molecule has 0 radical (unpaired) electrons. The Bertz CT molecular complexity index is 578. The molecule has 0 aliphatic rings. The van der Waals surface area contributed by atoms with Crippen LogP contribution in [-0.2, 0) is 6.54 Å². The zero-order chi connectivity index (χ0) is 15.2. The molecule has 3 heteroatoms. The minimum Gasteiger partial charge on any atom is -0.457 e. The van der Waals surface area contributed by atoms with E-state index in [4.69, 9.17) is 4.74 Å². The second-order valence-electron chi connectivity index (χ2n) is 5.36. The molecule has 21 heavy (non-hydrogen) atoms. The highest BCUT2D eigenvalue weighted by molar-refractivity contribution is 5.39. The third-order valence-corrected chi connectivity index (χ3v) is 3.36. The summed E-state index contributed by atoms with van der Waals surface area (Å²) in [6.45, 7) is 7.76. The van der Waals surface area contributed by atoms with Crippen LogP contribution in [0.1, 0.15) is 37.8 Å². The molecule has 2 rings (SSSR count). The summed E-state index contributed by atoms with van der Waals surface area (Å²) in [5.41, 5.74) is 2.10. The molecule has 0 fully saturated rings. The second kappa shape index (κ2) is 7.23. The van der Waals surface area contributed by atoms with Crippen molar-refractivity contribution >= 4 is 0 Å². The van der Waals surface area contributed by atoms with E-state index in [9.17, 15) is 4.39 Å². The van der Waals surface area contributed by atoms with Crippen LogP contribution in [0.5, 0.6) is 11.5 Å². The number of nitrogens with one attached hydrogen (secondary N) is 1. The molecule has 0 saturated carbocycles. The van der Waals surface area contributed by atoms with E-state index in [1.165, 1.54) is 17.7 Å². The molecule has 0 bridgehead atoms. The quantitative estimate of drug-likeness (QED) is 0.820. The van der Waals surface area contributed by atoms with Gasteiger partial charge in [-0.3, -0.25) is 0 Å². The Balaban J connectivity index is 2.18. The summed E-state index contributed by atoms with van der Waals surface area (Å²) in [4.78, 5) is 0. The van der Waals surface area contributed by atoms with Crippen LogP contribution in [0, 0.1) is 5.82 Å². The van der Waals surface area contributed by atoms with Crippen molar-refractivity contribution in [2.45, 2.75) is 33.2 Å². The zero-order valence-electron chi connectivity index (χ0n) is 12.8. The van der Waals surface area contributed by atoms with Crippen molar-refractivity contribution in [2.75, 3.05) is 6.54 Å². The van der Waals surface area contributed by atoms with E-state index in [1.807, 2.05) is 19.1 Å². The summed E-state index contributed by atoms with van der Waals surface area (Å²) in [6, 6.07) is 12.7. The third kappa shape index (κ3) is 4.30. The van der Waals surface area contributed by atoms with E-state index in [0.29, 0.717) is 18.2 Å². The number of rotatable bonds is 6. The number of benzene rings is 2. The molecule has 112 valence electrons. The Morgan fingerprint density at radius 2 is 1.81 bits per heavy atom. The molecular weight excluding hydrogens is 265 g/mol. The van der Waals surface area contributed by atoms with Crippen molar-refractivity contribution in [2.24, 2.45) is 0 Å². The van der Waals surface area contributed by atoms with E-state index in [2.05, 4.69) is 31.3 Å². The molecule has 0 heterocycles. The molecule has 1 N–H and O–H groups in total. The molecule has 0 saturated heterocycles. The van der Waals surface area contributed by atoms with Gasteiger partial charge in [-0.15, -0.1) is 0 Å². The highest BCUT2D eigenvalue weighted by Crippen LogP contribution is 2.27. The average molecular weight is 287 g/mol. The summed E-state index contributed by atoms with van der Waals surface area (Å²) in [5, 5.41) is 3.20. The predicted molar refractivity (Wildman–Crippen MR) is 84.4 cm³/mol. The number of hydrogen-bond donors (Lipinski definition) is 1. The molecular formula is C18H22FNO. The van der Waals surface area contributed by atoms with Crippen molar-refractivity contribution in [3.8, 4) is 11.5 Å². The van der Waals surface area contributed by atoms with Gasteiger partial charge in [0.2, 0.25) is 0 Å². The lowest BCUT2D eigenvalue weighted by Crippen LogP contribution is -2.12. The first-order chi connectivity index (χ1) is 10.1. The molecule has 2 aromatic rings. The Morgan fingerprint density at radius 1 is 1.10 bits per heavy atom. The van der Waals surface area contributed by atoms with Crippen LogP contribution in [0.3, 0.4) is 0 Å². The zero-order valence-corrected chi connectivity index (χ0v) is 12.8. The molecule has 0 spiro atoms. The molecule has 2 nitrogen and oxygen atoms in total. The lowest BCUT2D eigenvalue weighted by Gasteiger charge is -2.13. The first kappa shape index (κ1) is 15.5. The maximum absolute atomic E-state index is 13.4. The van der Waals surface area contributed by atoms with E-state index in [0.717, 1.165) is 17.9 Å². The molecule has 0 unspecified atom stereocenters. The molecule has 0 atom stereocenters. The Morgan fingerprint density at radius 3 is 2.43 bits per heavy atom. The highest BCUT2D eigenvalue weighted by Gasteiger charge is 2.07. The van der Waals surface area contributed by atoms with Gasteiger partial charge in [0.05, 0.1) is 0 Å². The predicted octanol–water partition coefficient (Wildman–Crippen LogP) is 4.85. The first-order valence-corrected chi connectivity index (χ1v) is 7.37. The number of halogens is 1. The van der Waals surface area contributed by atoms with Crippen molar-refractivity contribution in [3.05, 3.63) is 59.4 Å². The Hall–Kier alpha value is -1.87. The molecule has 0 aliphatic heterocycles. The van der Waals surface area contributed by atoms with Crippen molar-refractivity contribution < 1.29 is 9.13 Å². The van der Waals surface area contributed by atoms with Crippen LogP contribution in [0.15, 0.2) is 42.5 Å². The Kier molecular flexibility index (Phi) is 5.34. The van der Waals surface area contributed by atoms with Gasteiger partial charge in [0.25, 0.3) is 0 Å². The SMILES string of the molecule is CCNCc1cc(F)ccc1Oc1ccc(C(C)C)cc1. The maximum atomic E-state index is 13.4. The van der Waals surface area contributed by atoms with Gasteiger partial charge in [0, 0.05) is 12.1 Å². The summed E-state index contributed by atoms with van der Waals surface area (Å²) in [7, 11) is 0. The van der Waals surface area contributed by atoms with Crippen molar-refractivity contribution in [3.63, 3.8) is 0 Å². The summed E-state index contributed by atoms with van der Waals surface area (Å²) in [5.74, 6) is 1.71. The van der Waals surface area contributed by atoms with Crippen molar-refractivity contribution in [1.82, 2.24) is 5.32 Å². The van der Waals surface area contributed by atoms with Gasteiger partial charge >= 0.3 is 0 Å². The summed E-state index contributed by atoms with van der Waals surface area (Å²) >= 11 is 0. The van der Waals surface area contributed by atoms with E-state index in [1.54, 1.807) is 6.07 Å². The molecule has 0 amide bonds. The second-order valence-corrected chi connectivity index (χ2v) is 5.36. The number of ether oxygens (including phenoxy) is 1. The fraction of sp³-hybridized carbons (Fsp3) is 0.333. The molecule has 0 aromatic heterocycles. The topological polar surface area (TPSA) is 21.3 Å². The van der Waals surface area contributed by atoms with Crippen LogP contribution in [0.25, 0.3) is 0 Å². The van der Waals surface area contributed by atoms with Crippen LogP contribution in [0.4, 0.5) is 4.39 Å². The minimum atomic E-state index is -0.245. The lowest BCUT2D eigenvalue weighted by molar-refractivity contribution is 0.470. The van der Waals surface area contributed by atoms with Gasteiger partial charge in [-0.2, -0.15) is 0 Å². The fourth-order valence-corrected chi connectivity index (χ4v) is 2.09. The van der Waals surface area contributed by atoms with Gasteiger partial charge in [0.15, 0.2) is 0 Å². The van der Waals surface area contributed by atoms with E-state index < -0.39 is 0 Å². The number of hydrogen-bond acceptors (Lipinski definition) is 2. The summed E-state index contributed by atoms with van der Waals surface area (Å²) in [6.07, 6.45) is 0. The maximum Gasteiger partial charge on any atom is 0.132 e. The third-order valence-electron chi connectivity index (χ3n) is 3.36. The Labute approximate surface area is 126 Å². The highest BCUT2D eigenvalue weighted by atomic mass is 19.1. The molecule has 2 aromatic carbocycles. The van der Waals surface area contributed by atoms with Gasteiger partial charge in [-0.1, -0.05) is 32.9 Å².